The van der Waals surface area contributed by atoms with Gasteiger partial charge in [-0.2, -0.15) is 13.8 Å². The van der Waals surface area contributed by atoms with Crippen LogP contribution in [-0.4, -0.2) is 4.70 Å². The zero-order chi connectivity index (χ0) is 37.1. The molecule has 0 unspecified atom stereocenters. The molecule has 3 rings (SSSR count). The molecule has 0 amide bonds. The SMILES string of the molecule is CCCCCCCCC1=C(c2cc(CCCC)cc(CCCC)c2)[N+](=[N-])C(c2cc(CCCC)cc(CCCC)c2)=C1CCCC.[CH2-]C.[CH2-]C.[Ni+2]. The van der Waals surface area contributed by atoms with Crippen LogP contribution in [0.5, 0.6) is 0 Å². The Morgan fingerprint density at radius 1 is 0.392 bits per heavy atom. The first-order valence-corrected chi connectivity index (χ1v) is 21.1. The Labute approximate surface area is 328 Å². The van der Waals surface area contributed by atoms with Gasteiger partial charge in [0.05, 0.1) is 0 Å². The molecule has 1 aliphatic heterocycles. The van der Waals surface area contributed by atoms with Crippen LogP contribution < -0.4 is 0 Å². The van der Waals surface area contributed by atoms with Crippen molar-refractivity contribution in [3.8, 4) is 0 Å². The van der Waals surface area contributed by atoms with Crippen molar-refractivity contribution in [3.63, 3.8) is 0 Å². The van der Waals surface area contributed by atoms with E-state index >= 15 is 0 Å². The fraction of sp³-hybridized carbons (Fsp3) is 0.625. The first-order chi connectivity index (χ1) is 24.5. The second kappa shape index (κ2) is 30.5. The Morgan fingerprint density at radius 2 is 0.667 bits per heavy atom. The molecule has 3 heteroatoms. The Hall–Kier alpha value is -1.99. The minimum absolute atomic E-state index is 0. The topological polar surface area (TPSA) is 25.3 Å². The Bertz CT molecular complexity index is 1230. The van der Waals surface area contributed by atoms with Crippen LogP contribution in [0.3, 0.4) is 0 Å². The predicted octanol–water partition coefficient (Wildman–Crippen LogP) is 15.8. The van der Waals surface area contributed by atoms with Gasteiger partial charge >= 0.3 is 16.5 Å². The molecule has 0 bridgehead atoms. The summed E-state index contributed by atoms with van der Waals surface area (Å²) in [6, 6.07) is 14.5. The summed E-state index contributed by atoms with van der Waals surface area (Å²) in [4.78, 5) is 0. The van der Waals surface area contributed by atoms with Crippen LogP contribution in [0.4, 0.5) is 0 Å². The van der Waals surface area contributed by atoms with Gasteiger partial charge in [0.1, 0.15) is 0 Å². The molecule has 0 saturated heterocycles. The van der Waals surface area contributed by atoms with E-state index in [4.69, 9.17) is 0 Å². The van der Waals surface area contributed by atoms with Gasteiger partial charge in [-0.05, 0) is 124 Å². The van der Waals surface area contributed by atoms with Crippen LogP contribution in [0, 0.1) is 13.8 Å². The summed E-state index contributed by atoms with van der Waals surface area (Å²) in [5, 5.41) is 0. The molecule has 0 fully saturated rings. The summed E-state index contributed by atoms with van der Waals surface area (Å²) in [5.41, 5.74) is 25.5. The Morgan fingerprint density at radius 3 is 1.00 bits per heavy atom. The molecule has 1 aliphatic rings. The maximum atomic E-state index is 12.5. The van der Waals surface area contributed by atoms with E-state index in [0.29, 0.717) is 0 Å². The molecule has 0 radical (unpaired) electrons. The van der Waals surface area contributed by atoms with Crippen LogP contribution >= 0.6 is 0 Å². The summed E-state index contributed by atoms with van der Waals surface area (Å²) in [6.07, 6.45) is 26.2. The van der Waals surface area contributed by atoms with Crippen LogP contribution in [0.15, 0.2) is 47.5 Å². The molecule has 0 aliphatic carbocycles. The molecule has 0 saturated carbocycles. The van der Waals surface area contributed by atoms with Gasteiger partial charge < -0.3 is 19.4 Å². The number of unbranched alkanes of at least 4 members (excludes halogenated alkanes) is 10. The number of benzene rings is 2. The fourth-order valence-corrected chi connectivity index (χ4v) is 7.12. The third kappa shape index (κ3) is 16.7. The van der Waals surface area contributed by atoms with Crippen molar-refractivity contribution in [1.82, 2.24) is 0 Å². The van der Waals surface area contributed by atoms with E-state index in [1.54, 1.807) is 18.5 Å². The molecule has 0 atom stereocenters. The van der Waals surface area contributed by atoms with Crippen molar-refractivity contribution in [3.05, 3.63) is 100 Å². The van der Waals surface area contributed by atoms with Crippen molar-refractivity contribution >= 4 is 11.4 Å². The van der Waals surface area contributed by atoms with E-state index in [2.05, 4.69) is 91.8 Å². The standard InChI is InChI=1S/C44H68N2.2C2H5.Ni/c1-7-13-19-20-21-22-28-42-41(27-18-12-6)43(39-31-35(23-14-8-2)29-36(32-39)24-15-9-3)46(45)44(42)40-33-37(25-16-10-4)30-38(34-40)26-17-11-5;2*1-2;/h29-34H,7-28H2,1-6H3;2*1H2,2H3;/q;2*-1;+2. The first kappa shape index (κ1) is 49.0. The average Bonchev–Trinajstić information content (AvgIpc) is 3.43. The van der Waals surface area contributed by atoms with Crippen molar-refractivity contribution in [1.29, 1.82) is 0 Å². The van der Waals surface area contributed by atoms with Crippen LogP contribution in [0.25, 0.3) is 16.9 Å². The normalized spacial score (nSPS) is 12.4. The monoisotopic (exact) mass is 741 g/mol. The molecule has 51 heavy (non-hydrogen) atoms. The predicted molar refractivity (Wildman–Crippen MR) is 224 cm³/mol. The van der Waals surface area contributed by atoms with Crippen molar-refractivity contribution in [2.45, 2.75) is 197 Å². The minimum atomic E-state index is 0. The largest absolute Gasteiger partial charge is 2.00 e. The van der Waals surface area contributed by atoms with Gasteiger partial charge in [0, 0.05) is 22.3 Å². The van der Waals surface area contributed by atoms with E-state index in [9.17, 15) is 5.53 Å². The summed E-state index contributed by atoms with van der Waals surface area (Å²) in [7, 11) is 0. The molecule has 2 aromatic rings. The van der Waals surface area contributed by atoms with Crippen LogP contribution in [0.1, 0.15) is 204 Å². The van der Waals surface area contributed by atoms with Gasteiger partial charge in [-0.1, -0.05) is 118 Å². The number of rotatable bonds is 24. The second-order valence-electron chi connectivity index (χ2n) is 14.1. The van der Waals surface area contributed by atoms with Crippen LogP contribution in [-0.2, 0) is 42.2 Å². The molecule has 290 valence electrons. The number of hydrogen-bond donors (Lipinski definition) is 0. The second-order valence-corrected chi connectivity index (χ2v) is 14.1. The minimum Gasteiger partial charge on any atom is -0.493 e. The fourth-order valence-electron chi connectivity index (χ4n) is 7.12. The summed E-state index contributed by atoms with van der Waals surface area (Å²) in [6.45, 7) is 23.7. The van der Waals surface area contributed by atoms with Gasteiger partial charge in [-0.15, -0.1) is 0 Å². The molecular weight excluding hydrogens is 663 g/mol. The average molecular weight is 742 g/mol. The zero-order valence-corrected chi connectivity index (χ0v) is 35.6. The van der Waals surface area contributed by atoms with Crippen molar-refractivity contribution in [2.75, 3.05) is 0 Å². The molecule has 0 aromatic heterocycles. The Kier molecular flexibility index (Phi) is 29.3. The molecule has 0 spiro atoms. The summed E-state index contributed by atoms with van der Waals surface area (Å²) in [5.74, 6) is 0. The van der Waals surface area contributed by atoms with E-state index in [0.717, 1.165) is 62.8 Å². The molecule has 0 N–H and O–H groups in total. The zero-order valence-electron chi connectivity index (χ0n) is 34.6. The third-order valence-electron chi connectivity index (χ3n) is 9.85. The van der Waals surface area contributed by atoms with Crippen molar-refractivity contribution in [2.24, 2.45) is 0 Å². The van der Waals surface area contributed by atoms with E-state index in [1.807, 2.05) is 0 Å². The molecule has 2 nitrogen and oxygen atoms in total. The van der Waals surface area contributed by atoms with Gasteiger partial charge in [0.15, 0.2) is 0 Å². The van der Waals surface area contributed by atoms with Gasteiger partial charge in [-0.25, -0.2) is 4.70 Å². The van der Waals surface area contributed by atoms with Crippen molar-refractivity contribution < 1.29 is 21.2 Å². The summed E-state index contributed by atoms with van der Waals surface area (Å²) < 4.78 is 1.66. The molecule has 2 aromatic carbocycles. The third-order valence-corrected chi connectivity index (χ3v) is 9.85. The smallest absolute Gasteiger partial charge is 0.493 e. The molecule has 1 heterocycles. The van der Waals surface area contributed by atoms with Gasteiger partial charge in [-0.3, -0.25) is 0 Å². The van der Waals surface area contributed by atoms with E-state index < -0.39 is 0 Å². The number of nitrogens with zero attached hydrogens (tertiary/aromatic N) is 2. The Balaban J connectivity index is 0.00000482. The number of hydrogen-bond acceptors (Lipinski definition) is 0. The maximum absolute atomic E-state index is 12.5. The van der Waals surface area contributed by atoms with Crippen LogP contribution in [0.2, 0.25) is 0 Å². The molecular formula is C48H78N2Ni. The quantitative estimate of drug-likeness (QED) is 0.0443. The maximum Gasteiger partial charge on any atom is 2.00 e. The van der Waals surface area contributed by atoms with Gasteiger partial charge in [0.2, 0.25) is 11.4 Å². The summed E-state index contributed by atoms with van der Waals surface area (Å²) >= 11 is 0. The van der Waals surface area contributed by atoms with E-state index in [-0.39, 0.29) is 16.5 Å². The van der Waals surface area contributed by atoms with Gasteiger partial charge in [0.25, 0.3) is 0 Å². The number of aryl methyl sites for hydroxylation is 4. The first-order valence-electron chi connectivity index (χ1n) is 21.1. The van der Waals surface area contributed by atoms with E-state index in [1.165, 1.54) is 134 Å². The number of allylic oxidation sites excluding steroid dienone is 2.